The number of carbonyl (C=O) groups is 2. The molecular formula is C15H21NO5. The van der Waals surface area contributed by atoms with Crippen molar-refractivity contribution in [3.05, 3.63) is 23.3 Å². The lowest BCUT2D eigenvalue weighted by Crippen LogP contribution is -2.25. The molecule has 1 aromatic rings. The van der Waals surface area contributed by atoms with E-state index in [-0.39, 0.29) is 17.4 Å². The molecule has 6 heteroatoms. The van der Waals surface area contributed by atoms with E-state index in [1.54, 1.807) is 33.8 Å². The average molecular weight is 295 g/mol. The Balaban J connectivity index is 2.99. The molecule has 0 bridgehead atoms. The highest BCUT2D eigenvalue weighted by Gasteiger charge is 2.19. The smallest absolute Gasteiger partial charge is 0.346 e. The topological polar surface area (TPSA) is 87.9 Å². The fourth-order valence-electron chi connectivity index (χ4n) is 1.69. The third-order valence-electron chi connectivity index (χ3n) is 2.75. The van der Waals surface area contributed by atoms with Crippen LogP contribution in [0.2, 0.25) is 0 Å². The molecule has 0 amide bonds. The van der Waals surface area contributed by atoms with E-state index in [9.17, 15) is 9.59 Å². The van der Waals surface area contributed by atoms with Crippen molar-refractivity contribution >= 4 is 17.6 Å². The van der Waals surface area contributed by atoms with Crippen LogP contribution in [0.4, 0.5) is 5.69 Å². The average Bonchev–Trinajstić information content (AvgIpc) is 2.40. The third-order valence-corrected chi connectivity index (χ3v) is 2.75. The molecule has 0 aliphatic rings. The van der Waals surface area contributed by atoms with Crippen LogP contribution < -0.4 is 10.5 Å². The predicted molar refractivity (Wildman–Crippen MR) is 78.2 cm³/mol. The molecule has 0 heterocycles. The van der Waals surface area contributed by atoms with Crippen molar-refractivity contribution in [2.45, 2.75) is 39.9 Å². The Labute approximate surface area is 124 Å². The molecule has 0 saturated heterocycles. The van der Waals surface area contributed by atoms with Crippen LogP contribution in [-0.2, 0) is 14.3 Å². The molecule has 1 unspecified atom stereocenters. The van der Waals surface area contributed by atoms with Crippen LogP contribution in [0.3, 0.4) is 0 Å². The molecular weight excluding hydrogens is 274 g/mol. The molecule has 0 aliphatic carbocycles. The van der Waals surface area contributed by atoms with Gasteiger partial charge in [-0.2, -0.15) is 0 Å². The molecule has 0 aromatic heterocycles. The summed E-state index contributed by atoms with van der Waals surface area (Å²) in [5.74, 6) is -0.555. The second-order valence-corrected chi connectivity index (χ2v) is 4.94. The Bertz CT molecular complexity index is 539. The van der Waals surface area contributed by atoms with E-state index in [0.29, 0.717) is 11.3 Å². The van der Waals surface area contributed by atoms with Crippen LogP contribution in [0.1, 0.15) is 36.7 Å². The molecule has 1 aromatic carbocycles. The van der Waals surface area contributed by atoms with Gasteiger partial charge < -0.3 is 19.9 Å². The van der Waals surface area contributed by atoms with Crippen LogP contribution in [0.25, 0.3) is 0 Å². The number of nitrogens with two attached hydrogens (primary N) is 1. The zero-order valence-electron chi connectivity index (χ0n) is 12.9. The molecule has 6 nitrogen and oxygen atoms in total. The summed E-state index contributed by atoms with van der Waals surface area (Å²) in [5, 5.41) is 0. The number of benzene rings is 1. The number of esters is 2. The summed E-state index contributed by atoms with van der Waals surface area (Å²) >= 11 is 0. The molecule has 21 heavy (non-hydrogen) atoms. The molecule has 0 aliphatic heterocycles. The normalized spacial score (nSPS) is 11.9. The Hall–Kier alpha value is -2.24. The lowest BCUT2D eigenvalue weighted by Gasteiger charge is -2.16. The monoisotopic (exact) mass is 295 g/mol. The number of methoxy groups -OCH3 is 1. The third kappa shape index (κ3) is 4.37. The van der Waals surface area contributed by atoms with E-state index in [2.05, 4.69) is 4.74 Å². The molecule has 1 atom stereocenters. The van der Waals surface area contributed by atoms with Gasteiger partial charge in [-0.05, 0) is 39.3 Å². The highest BCUT2D eigenvalue weighted by atomic mass is 16.6. The summed E-state index contributed by atoms with van der Waals surface area (Å²) in [5.41, 5.74) is 7.04. The van der Waals surface area contributed by atoms with E-state index in [1.165, 1.54) is 13.2 Å². The minimum Gasteiger partial charge on any atom is -0.479 e. The second kappa shape index (κ2) is 6.97. The lowest BCUT2D eigenvalue weighted by molar-refractivity contribution is -0.147. The first-order valence-electron chi connectivity index (χ1n) is 6.61. The van der Waals surface area contributed by atoms with E-state index in [1.807, 2.05) is 0 Å². The molecule has 0 radical (unpaired) electrons. The maximum absolute atomic E-state index is 11.9. The zero-order valence-corrected chi connectivity index (χ0v) is 12.9. The zero-order chi connectivity index (χ0) is 16.2. The van der Waals surface area contributed by atoms with Crippen molar-refractivity contribution in [1.29, 1.82) is 0 Å². The largest absolute Gasteiger partial charge is 0.479 e. The summed E-state index contributed by atoms with van der Waals surface area (Å²) in [7, 11) is 1.29. The fourth-order valence-corrected chi connectivity index (χ4v) is 1.69. The minimum atomic E-state index is -0.762. The van der Waals surface area contributed by atoms with Crippen LogP contribution in [-0.4, -0.2) is 31.3 Å². The standard InChI is InChI=1S/C15H21NO5/c1-8(2)20-15(18)11-6-9(3)13(7-12(11)16)21-10(4)14(17)19-5/h6-8,10H,16H2,1-5H3. The number of aryl methyl sites for hydroxylation is 1. The van der Waals surface area contributed by atoms with Gasteiger partial charge in [-0.1, -0.05) is 0 Å². The number of carbonyl (C=O) groups excluding carboxylic acids is 2. The van der Waals surface area contributed by atoms with Gasteiger partial charge in [0.2, 0.25) is 0 Å². The van der Waals surface area contributed by atoms with Crippen molar-refractivity contribution in [2.24, 2.45) is 0 Å². The lowest BCUT2D eigenvalue weighted by atomic mass is 10.1. The number of hydrogen-bond acceptors (Lipinski definition) is 6. The fraction of sp³-hybridized carbons (Fsp3) is 0.467. The number of anilines is 1. The van der Waals surface area contributed by atoms with Crippen molar-refractivity contribution < 1.29 is 23.8 Å². The number of ether oxygens (including phenoxy) is 3. The SMILES string of the molecule is COC(=O)C(C)Oc1cc(N)c(C(=O)OC(C)C)cc1C. The highest BCUT2D eigenvalue weighted by Crippen LogP contribution is 2.27. The van der Waals surface area contributed by atoms with Crippen LogP contribution >= 0.6 is 0 Å². The van der Waals surface area contributed by atoms with Gasteiger partial charge in [0.1, 0.15) is 5.75 Å². The molecule has 2 N–H and O–H groups in total. The second-order valence-electron chi connectivity index (χ2n) is 4.94. The molecule has 0 fully saturated rings. The van der Waals surface area contributed by atoms with Gasteiger partial charge in [-0.3, -0.25) is 0 Å². The maximum Gasteiger partial charge on any atom is 0.346 e. The first-order chi connectivity index (χ1) is 9.76. The summed E-state index contributed by atoms with van der Waals surface area (Å²) in [6.45, 7) is 6.85. The van der Waals surface area contributed by atoms with E-state index in [0.717, 1.165) is 0 Å². The Kier molecular flexibility index (Phi) is 5.58. The van der Waals surface area contributed by atoms with Crippen LogP contribution in [0.5, 0.6) is 5.75 Å². The van der Waals surface area contributed by atoms with Crippen LogP contribution in [0.15, 0.2) is 12.1 Å². The number of hydrogen-bond donors (Lipinski definition) is 1. The van der Waals surface area contributed by atoms with Gasteiger partial charge in [0.25, 0.3) is 0 Å². The van der Waals surface area contributed by atoms with E-state index < -0.39 is 18.0 Å². The van der Waals surface area contributed by atoms with E-state index in [4.69, 9.17) is 15.2 Å². The Morgan fingerprint density at radius 1 is 1.19 bits per heavy atom. The summed E-state index contributed by atoms with van der Waals surface area (Å²) in [6.07, 6.45) is -0.992. The van der Waals surface area contributed by atoms with Gasteiger partial charge in [-0.25, -0.2) is 9.59 Å². The minimum absolute atomic E-state index is 0.229. The maximum atomic E-state index is 11.9. The predicted octanol–water partition coefficient (Wildman–Crippen LogP) is 2.08. The quantitative estimate of drug-likeness (QED) is 0.661. The summed E-state index contributed by atoms with van der Waals surface area (Å²) in [4.78, 5) is 23.3. The Morgan fingerprint density at radius 2 is 1.81 bits per heavy atom. The highest BCUT2D eigenvalue weighted by molar-refractivity contribution is 5.95. The summed E-state index contributed by atoms with van der Waals surface area (Å²) < 4.78 is 15.2. The van der Waals surface area contributed by atoms with Gasteiger partial charge in [-0.15, -0.1) is 0 Å². The number of rotatable bonds is 5. The first kappa shape index (κ1) is 16.8. The molecule has 1 rings (SSSR count). The number of nitrogen functional groups attached to an aromatic ring is 1. The van der Waals surface area contributed by atoms with Crippen molar-refractivity contribution in [3.63, 3.8) is 0 Å². The van der Waals surface area contributed by atoms with Crippen LogP contribution in [0, 0.1) is 6.92 Å². The summed E-state index contributed by atoms with van der Waals surface area (Å²) in [6, 6.07) is 3.09. The van der Waals surface area contributed by atoms with Crippen molar-refractivity contribution in [2.75, 3.05) is 12.8 Å². The first-order valence-corrected chi connectivity index (χ1v) is 6.61. The van der Waals surface area contributed by atoms with E-state index >= 15 is 0 Å². The molecule has 0 spiro atoms. The van der Waals surface area contributed by atoms with Gasteiger partial charge in [0, 0.05) is 11.8 Å². The van der Waals surface area contributed by atoms with Gasteiger partial charge in [0.15, 0.2) is 6.10 Å². The Morgan fingerprint density at radius 3 is 2.33 bits per heavy atom. The van der Waals surface area contributed by atoms with Gasteiger partial charge in [0.05, 0.1) is 18.8 Å². The van der Waals surface area contributed by atoms with Gasteiger partial charge >= 0.3 is 11.9 Å². The molecule has 0 saturated carbocycles. The van der Waals surface area contributed by atoms with Crippen molar-refractivity contribution in [1.82, 2.24) is 0 Å². The molecule has 116 valence electrons. The van der Waals surface area contributed by atoms with Crippen molar-refractivity contribution in [3.8, 4) is 5.75 Å².